The average molecular weight is 350 g/mol. The van der Waals surface area contributed by atoms with Gasteiger partial charge in [0.25, 0.3) is 5.91 Å². The molecule has 0 aliphatic rings. The van der Waals surface area contributed by atoms with Crippen molar-refractivity contribution >= 4 is 27.8 Å². The van der Waals surface area contributed by atoms with E-state index in [0.29, 0.717) is 15.7 Å². The van der Waals surface area contributed by atoms with E-state index in [1.54, 1.807) is 18.3 Å². The summed E-state index contributed by atoms with van der Waals surface area (Å²) in [6.45, 7) is 0. The van der Waals surface area contributed by atoms with Gasteiger partial charge in [-0.05, 0) is 39.7 Å². The Labute approximate surface area is 129 Å². The second-order valence-electron chi connectivity index (χ2n) is 4.26. The highest BCUT2D eigenvalue weighted by Gasteiger charge is 2.22. The minimum Gasteiger partial charge on any atom is -0.480 e. The molecule has 6 nitrogen and oxygen atoms in total. The van der Waals surface area contributed by atoms with Crippen LogP contribution in [-0.4, -0.2) is 33.0 Å². The molecular formula is C14H12BrN3O3. The lowest BCUT2D eigenvalue weighted by Crippen LogP contribution is -2.42. The monoisotopic (exact) mass is 349 g/mol. The Hall–Kier alpha value is -2.28. The molecule has 7 heteroatoms. The van der Waals surface area contributed by atoms with E-state index in [-0.39, 0.29) is 6.42 Å². The summed E-state index contributed by atoms with van der Waals surface area (Å²) in [6, 6.07) is 5.48. The predicted molar refractivity (Wildman–Crippen MR) is 78.8 cm³/mol. The molecule has 2 rings (SSSR count). The van der Waals surface area contributed by atoms with Crippen LogP contribution < -0.4 is 5.32 Å². The van der Waals surface area contributed by atoms with E-state index >= 15 is 0 Å². The van der Waals surface area contributed by atoms with Gasteiger partial charge in [-0.3, -0.25) is 9.78 Å². The highest BCUT2D eigenvalue weighted by molar-refractivity contribution is 9.10. The van der Waals surface area contributed by atoms with Crippen LogP contribution in [0.3, 0.4) is 0 Å². The van der Waals surface area contributed by atoms with Gasteiger partial charge in [0.2, 0.25) is 0 Å². The number of pyridine rings is 2. The summed E-state index contributed by atoms with van der Waals surface area (Å²) in [4.78, 5) is 31.2. The molecule has 0 bridgehead atoms. The second kappa shape index (κ2) is 6.94. The van der Waals surface area contributed by atoms with Crippen molar-refractivity contribution in [2.45, 2.75) is 12.5 Å². The molecule has 2 heterocycles. The van der Waals surface area contributed by atoms with Gasteiger partial charge in [-0.25, -0.2) is 9.78 Å². The van der Waals surface area contributed by atoms with Gasteiger partial charge in [-0.15, -0.1) is 0 Å². The zero-order chi connectivity index (χ0) is 15.2. The fourth-order valence-electron chi connectivity index (χ4n) is 1.74. The molecule has 21 heavy (non-hydrogen) atoms. The van der Waals surface area contributed by atoms with Crippen molar-refractivity contribution in [3.63, 3.8) is 0 Å². The number of aliphatic carboxylic acids is 1. The van der Waals surface area contributed by atoms with Crippen molar-refractivity contribution in [1.29, 1.82) is 0 Å². The lowest BCUT2D eigenvalue weighted by molar-refractivity contribution is -0.139. The van der Waals surface area contributed by atoms with E-state index in [4.69, 9.17) is 0 Å². The molecule has 108 valence electrons. The van der Waals surface area contributed by atoms with Gasteiger partial charge in [0.05, 0.1) is 0 Å². The first-order valence-electron chi connectivity index (χ1n) is 6.11. The van der Waals surface area contributed by atoms with Crippen LogP contribution >= 0.6 is 15.9 Å². The Kier molecular flexibility index (Phi) is 4.99. The van der Waals surface area contributed by atoms with Gasteiger partial charge in [0, 0.05) is 30.6 Å². The molecule has 2 aromatic heterocycles. The number of halogens is 1. The largest absolute Gasteiger partial charge is 0.480 e. The third-order valence-electron chi connectivity index (χ3n) is 2.81. The zero-order valence-electron chi connectivity index (χ0n) is 10.9. The number of rotatable bonds is 5. The Morgan fingerprint density at radius 2 is 1.95 bits per heavy atom. The number of carbonyl (C=O) groups is 2. The van der Waals surface area contributed by atoms with Crippen molar-refractivity contribution in [2.24, 2.45) is 0 Å². The van der Waals surface area contributed by atoms with Crippen molar-refractivity contribution in [3.05, 3.63) is 58.6 Å². The molecule has 2 N–H and O–H groups in total. The highest BCUT2D eigenvalue weighted by atomic mass is 79.9. The van der Waals surface area contributed by atoms with Gasteiger partial charge < -0.3 is 10.4 Å². The van der Waals surface area contributed by atoms with E-state index < -0.39 is 17.9 Å². The van der Waals surface area contributed by atoms with Gasteiger partial charge in [0.1, 0.15) is 10.6 Å². The number of hydrogen-bond acceptors (Lipinski definition) is 4. The van der Waals surface area contributed by atoms with Crippen molar-refractivity contribution < 1.29 is 14.7 Å². The Balaban J connectivity index is 2.12. The fraction of sp³-hybridized carbons (Fsp3) is 0.143. The Morgan fingerprint density at radius 1 is 1.24 bits per heavy atom. The number of amides is 1. The minimum atomic E-state index is -1.10. The molecule has 0 aromatic carbocycles. The van der Waals surface area contributed by atoms with Crippen LogP contribution in [0, 0.1) is 0 Å². The molecule has 0 unspecified atom stereocenters. The molecule has 2 aromatic rings. The van der Waals surface area contributed by atoms with Crippen molar-refractivity contribution in [2.75, 3.05) is 0 Å². The molecule has 0 spiro atoms. The number of carbonyl (C=O) groups excluding carboxylic acids is 1. The number of carboxylic acid groups (broad SMARTS) is 1. The van der Waals surface area contributed by atoms with E-state index in [1.807, 2.05) is 0 Å². The quantitative estimate of drug-likeness (QED) is 0.801. The average Bonchev–Trinajstić information content (AvgIpc) is 2.49. The third kappa shape index (κ3) is 4.09. The number of nitrogens with zero attached hydrogens (tertiary/aromatic N) is 2. The van der Waals surface area contributed by atoms with Gasteiger partial charge in [0.15, 0.2) is 0 Å². The first-order chi connectivity index (χ1) is 10.1. The predicted octanol–water partition coefficient (Wildman–Crippen LogP) is 1.66. The van der Waals surface area contributed by atoms with Crippen LogP contribution in [0.15, 0.2) is 47.5 Å². The van der Waals surface area contributed by atoms with Crippen molar-refractivity contribution in [3.8, 4) is 0 Å². The fourth-order valence-corrected chi connectivity index (χ4v) is 2.15. The summed E-state index contributed by atoms with van der Waals surface area (Å²) in [7, 11) is 0. The molecular weight excluding hydrogens is 338 g/mol. The number of aromatic nitrogens is 2. The maximum atomic E-state index is 12.0. The summed E-state index contributed by atoms with van der Waals surface area (Å²) >= 11 is 3.26. The highest BCUT2D eigenvalue weighted by Crippen LogP contribution is 2.15. The van der Waals surface area contributed by atoms with Crippen LogP contribution in [0.2, 0.25) is 0 Å². The Bertz CT molecular complexity index is 649. The molecule has 1 amide bonds. The minimum absolute atomic E-state index is 0.139. The normalized spacial score (nSPS) is 11.7. The summed E-state index contributed by atoms with van der Waals surface area (Å²) in [5, 5.41) is 11.8. The lowest BCUT2D eigenvalue weighted by Gasteiger charge is -2.15. The smallest absolute Gasteiger partial charge is 0.326 e. The van der Waals surface area contributed by atoms with Crippen LogP contribution in [-0.2, 0) is 11.2 Å². The summed E-state index contributed by atoms with van der Waals surface area (Å²) in [6.07, 6.45) is 4.68. The zero-order valence-corrected chi connectivity index (χ0v) is 12.4. The first kappa shape index (κ1) is 15.1. The third-order valence-corrected chi connectivity index (χ3v) is 3.52. The molecule has 1 atom stereocenters. The summed E-state index contributed by atoms with van der Waals surface area (Å²) in [5.74, 6) is -1.56. The van der Waals surface area contributed by atoms with E-state index in [9.17, 15) is 14.7 Å². The van der Waals surface area contributed by atoms with Crippen LogP contribution in [0.1, 0.15) is 15.9 Å². The van der Waals surface area contributed by atoms with E-state index in [1.165, 1.54) is 24.5 Å². The molecule has 0 fully saturated rings. The Morgan fingerprint density at radius 3 is 2.57 bits per heavy atom. The SMILES string of the molecule is O=C(N[C@@H](Cc1cccnc1Br)C(=O)O)c1ccncc1. The van der Waals surface area contributed by atoms with Gasteiger partial charge >= 0.3 is 5.97 Å². The number of carboxylic acids is 1. The number of nitrogens with one attached hydrogen (secondary N) is 1. The van der Waals surface area contributed by atoms with Crippen LogP contribution in [0.4, 0.5) is 0 Å². The van der Waals surface area contributed by atoms with Crippen LogP contribution in [0.5, 0.6) is 0 Å². The molecule has 0 radical (unpaired) electrons. The molecule has 0 saturated carbocycles. The van der Waals surface area contributed by atoms with E-state index in [2.05, 4.69) is 31.2 Å². The van der Waals surface area contributed by atoms with Crippen LogP contribution in [0.25, 0.3) is 0 Å². The molecule has 0 aliphatic carbocycles. The molecule has 0 aliphatic heterocycles. The molecule has 0 saturated heterocycles. The maximum absolute atomic E-state index is 12.0. The first-order valence-corrected chi connectivity index (χ1v) is 6.90. The maximum Gasteiger partial charge on any atom is 0.326 e. The summed E-state index contributed by atoms with van der Waals surface area (Å²) in [5.41, 5.74) is 1.07. The standard InChI is InChI=1S/C14H12BrN3O3/c15-12-10(2-1-5-17-12)8-11(14(20)21)18-13(19)9-3-6-16-7-4-9/h1-7,11H,8H2,(H,18,19)(H,20,21)/t11-/m0/s1. The topological polar surface area (TPSA) is 92.2 Å². The summed E-state index contributed by atoms with van der Waals surface area (Å²) < 4.78 is 0.564. The van der Waals surface area contributed by atoms with Gasteiger partial charge in [-0.1, -0.05) is 6.07 Å². The number of hydrogen-bond donors (Lipinski definition) is 2. The van der Waals surface area contributed by atoms with Crippen molar-refractivity contribution in [1.82, 2.24) is 15.3 Å². The van der Waals surface area contributed by atoms with E-state index in [0.717, 1.165) is 0 Å². The lowest BCUT2D eigenvalue weighted by atomic mass is 10.1. The second-order valence-corrected chi connectivity index (χ2v) is 5.01. The van der Waals surface area contributed by atoms with Gasteiger partial charge in [-0.2, -0.15) is 0 Å².